The summed E-state index contributed by atoms with van der Waals surface area (Å²) in [6.45, 7) is 5.57. The third kappa shape index (κ3) is 4.40. The van der Waals surface area contributed by atoms with E-state index >= 15 is 0 Å². The Kier molecular flexibility index (Phi) is 5.59. The summed E-state index contributed by atoms with van der Waals surface area (Å²) in [5.41, 5.74) is 5.85. The molecule has 7 nitrogen and oxygen atoms in total. The normalized spacial score (nSPS) is 12.1. The Morgan fingerprint density at radius 2 is 1.68 bits per heavy atom. The molecule has 0 fully saturated rings. The second kappa shape index (κ2) is 8.72. The van der Waals surface area contributed by atoms with E-state index in [0.29, 0.717) is 16.2 Å². The van der Waals surface area contributed by atoms with Gasteiger partial charge in [0, 0.05) is 5.56 Å². The first-order valence-corrected chi connectivity index (χ1v) is 11.6. The van der Waals surface area contributed by atoms with Crippen molar-refractivity contribution < 1.29 is 14.3 Å². The molecule has 2 N–H and O–H groups in total. The number of aromatic amines is 1. The molecule has 0 saturated carbocycles. The molecule has 0 spiro atoms. The average molecular weight is 471 g/mol. The van der Waals surface area contributed by atoms with Crippen molar-refractivity contribution in [1.29, 1.82) is 0 Å². The maximum Gasteiger partial charge on any atom is 0.338 e. The molecular weight excluding hydrogens is 448 g/mol. The minimum atomic E-state index is -0.984. The van der Waals surface area contributed by atoms with Crippen LogP contribution in [-0.2, 0) is 9.53 Å². The van der Waals surface area contributed by atoms with Gasteiger partial charge in [0.05, 0.1) is 26.8 Å². The van der Waals surface area contributed by atoms with Crippen LogP contribution in [-0.4, -0.2) is 32.9 Å². The number of anilines is 1. The van der Waals surface area contributed by atoms with Gasteiger partial charge in [-0.3, -0.25) is 10.1 Å². The molecule has 0 saturated heterocycles. The van der Waals surface area contributed by atoms with Crippen molar-refractivity contribution in [3.05, 3.63) is 77.4 Å². The molecule has 170 valence electrons. The van der Waals surface area contributed by atoms with Gasteiger partial charge in [0.2, 0.25) is 0 Å². The van der Waals surface area contributed by atoms with Gasteiger partial charge in [-0.05, 0) is 56.7 Å². The van der Waals surface area contributed by atoms with Crippen LogP contribution >= 0.6 is 11.3 Å². The lowest BCUT2D eigenvalue weighted by Crippen LogP contribution is -2.29. The van der Waals surface area contributed by atoms with Crippen LogP contribution < -0.4 is 5.32 Å². The number of imidazole rings is 1. The maximum absolute atomic E-state index is 12.7. The number of carbonyl (C=O) groups is 2. The maximum atomic E-state index is 12.7. The minimum absolute atomic E-state index is 0.335. The van der Waals surface area contributed by atoms with Gasteiger partial charge in [0.15, 0.2) is 11.2 Å². The lowest BCUT2D eigenvalue weighted by Gasteiger charge is -2.12. The van der Waals surface area contributed by atoms with Crippen LogP contribution in [0.1, 0.15) is 28.4 Å². The highest BCUT2D eigenvalue weighted by Gasteiger charge is 2.21. The number of fused-ring (bicyclic) bond motifs is 2. The highest BCUT2D eigenvalue weighted by molar-refractivity contribution is 7.22. The van der Waals surface area contributed by atoms with E-state index in [9.17, 15) is 9.59 Å². The Balaban J connectivity index is 1.28. The van der Waals surface area contributed by atoms with Crippen LogP contribution in [0.15, 0.2) is 60.7 Å². The molecule has 2 heterocycles. The summed E-state index contributed by atoms with van der Waals surface area (Å²) in [7, 11) is 0. The Bertz CT molecular complexity index is 1540. The molecule has 1 atom stereocenters. The molecule has 0 bridgehead atoms. The largest absolute Gasteiger partial charge is 0.449 e. The van der Waals surface area contributed by atoms with Crippen LogP contribution in [0.3, 0.4) is 0 Å². The Morgan fingerprint density at radius 1 is 0.941 bits per heavy atom. The van der Waals surface area contributed by atoms with E-state index in [1.165, 1.54) is 23.8 Å². The Labute approximate surface area is 199 Å². The van der Waals surface area contributed by atoms with Crippen molar-refractivity contribution in [3.8, 4) is 11.4 Å². The first-order valence-electron chi connectivity index (χ1n) is 10.8. The fraction of sp³-hybridized carbons (Fsp3) is 0.154. The third-order valence-corrected chi connectivity index (χ3v) is 6.40. The number of nitrogens with one attached hydrogen (secondary N) is 2. The first-order chi connectivity index (χ1) is 16.4. The smallest absolute Gasteiger partial charge is 0.338 e. The van der Waals surface area contributed by atoms with E-state index < -0.39 is 18.0 Å². The van der Waals surface area contributed by atoms with E-state index in [1.807, 2.05) is 56.3 Å². The Hall–Kier alpha value is -4.04. The number of nitrogens with zero attached hydrogens (tertiary/aromatic N) is 2. The zero-order valence-electron chi connectivity index (χ0n) is 18.9. The second-order valence-corrected chi connectivity index (χ2v) is 9.24. The average Bonchev–Trinajstić information content (AvgIpc) is 3.42. The summed E-state index contributed by atoms with van der Waals surface area (Å²) in [6.07, 6.45) is -0.984. The van der Waals surface area contributed by atoms with Gasteiger partial charge in [-0.25, -0.2) is 14.8 Å². The lowest BCUT2D eigenvalue weighted by molar-refractivity contribution is -0.123. The predicted octanol–water partition coefficient (Wildman–Crippen LogP) is 5.64. The van der Waals surface area contributed by atoms with Gasteiger partial charge >= 0.3 is 5.97 Å². The van der Waals surface area contributed by atoms with Crippen molar-refractivity contribution in [3.63, 3.8) is 0 Å². The zero-order chi connectivity index (χ0) is 23.8. The summed E-state index contributed by atoms with van der Waals surface area (Å²) >= 11 is 1.38. The van der Waals surface area contributed by atoms with Crippen molar-refractivity contribution in [2.45, 2.75) is 26.9 Å². The highest BCUT2D eigenvalue weighted by atomic mass is 32.1. The molecule has 3 aromatic carbocycles. The predicted molar refractivity (Wildman–Crippen MR) is 134 cm³/mol. The van der Waals surface area contributed by atoms with E-state index in [1.54, 1.807) is 18.2 Å². The number of rotatable bonds is 5. The summed E-state index contributed by atoms with van der Waals surface area (Å²) < 4.78 is 6.39. The number of esters is 1. The summed E-state index contributed by atoms with van der Waals surface area (Å²) in [6, 6.07) is 19.0. The number of hydrogen-bond acceptors (Lipinski definition) is 6. The number of aromatic nitrogens is 3. The Morgan fingerprint density at radius 3 is 2.47 bits per heavy atom. The summed E-state index contributed by atoms with van der Waals surface area (Å²) in [5, 5.41) is 3.21. The SMILES string of the molecule is Cc1ccc(-c2nc3ccc(C(=O)OC(C)C(=O)Nc4nc5ccc(C)cc5s4)cc3[nH]2)cc1. The number of H-pyrrole nitrogens is 1. The van der Waals surface area contributed by atoms with Gasteiger partial charge in [-0.1, -0.05) is 47.2 Å². The van der Waals surface area contributed by atoms with E-state index in [-0.39, 0.29) is 0 Å². The zero-order valence-corrected chi connectivity index (χ0v) is 19.7. The minimum Gasteiger partial charge on any atom is -0.449 e. The number of hydrogen-bond donors (Lipinski definition) is 2. The van der Waals surface area contributed by atoms with Gasteiger partial charge in [0.1, 0.15) is 5.82 Å². The molecular formula is C26H22N4O3S. The third-order valence-electron chi connectivity index (χ3n) is 5.47. The van der Waals surface area contributed by atoms with Crippen molar-refractivity contribution in [1.82, 2.24) is 15.0 Å². The van der Waals surface area contributed by atoms with Crippen LogP contribution in [0.2, 0.25) is 0 Å². The molecule has 8 heteroatoms. The van der Waals surface area contributed by atoms with Crippen LogP contribution in [0, 0.1) is 13.8 Å². The second-order valence-electron chi connectivity index (χ2n) is 8.21. The van der Waals surface area contributed by atoms with Crippen molar-refractivity contribution >= 4 is 49.6 Å². The molecule has 0 aliphatic heterocycles. The number of carbonyl (C=O) groups excluding carboxylic acids is 2. The summed E-state index contributed by atoms with van der Waals surface area (Å²) in [4.78, 5) is 37.5. The molecule has 0 aliphatic rings. The fourth-order valence-corrected chi connectivity index (χ4v) is 4.53. The molecule has 2 aromatic heterocycles. The molecule has 5 aromatic rings. The molecule has 34 heavy (non-hydrogen) atoms. The number of benzene rings is 3. The lowest BCUT2D eigenvalue weighted by atomic mass is 10.1. The first kappa shape index (κ1) is 21.8. The number of aryl methyl sites for hydroxylation is 2. The van der Waals surface area contributed by atoms with Crippen LogP contribution in [0.4, 0.5) is 5.13 Å². The molecule has 1 unspecified atom stereocenters. The monoisotopic (exact) mass is 470 g/mol. The summed E-state index contributed by atoms with van der Waals surface area (Å²) in [5.74, 6) is -0.302. The molecule has 0 aliphatic carbocycles. The van der Waals surface area contributed by atoms with Crippen LogP contribution in [0.25, 0.3) is 32.6 Å². The molecule has 0 radical (unpaired) electrons. The number of ether oxygens (including phenoxy) is 1. The van der Waals surface area contributed by atoms with Crippen molar-refractivity contribution in [2.75, 3.05) is 5.32 Å². The molecule has 5 rings (SSSR count). The van der Waals surface area contributed by atoms with E-state index in [4.69, 9.17) is 4.74 Å². The van der Waals surface area contributed by atoms with Crippen LogP contribution in [0.5, 0.6) is 0 Å². The van der Waals surface area contributed by atoms with Gasteiger partial charge in [0.25, 0.3) is 5.91 Å². The van der Waals surface area contributed by atoms with E-state index in [2.05, 4.69) is 20.3 Å². The van der Waals surface area contributed by atoms with Gasteiger partial charge < -0.3 is 9.72 Å². The number of amides is 1. The standard InChI is InChI=1S/C26H22N4O3S/c1-14-4-7-17(8-5-14)23-27-19-11-9-18(13-21(19)28-23)25(32)33-16(3)24(31)30-26-29-20-10-6-15(2)12-22(20)34-26/h4-13,16H,1-3H3,(H,27,28)(H,29,30,31). The number of thiazole rings is 1. The van der Waals surface area contributed by atoms with Gasteiger partial charge in [-0.15, -0.1) is 0 Å². The van der Waals surface area contributed by atoms with Gasteiger partial charge in [-0.2, -0.15) is 0 Å². The van der Waals surface area contributed by atoms with E-state index in [0.717, 1.165) is 32.7 Å². The highest BCUT2D eigenvalue weighted by Crippen LogP contribution is 2.27. The molecule has 1 amide bonds. The quantitative estimate of drug-likeness (QED) is 0.324. The topological polar surface area (TPSA) is 97.0 Å². The van der Waals surface area contributed by atoms with Crippen molar-refractivity contribution in [2.24, 2.45) is 0 Å². The fourth-order valence-electron chi connectivity index (χ4n) is 3.56.